The molecule has 122 valence electrons. The first kappa shape index (κ1) is 16.3. The number of hydrogen-bond donors (Lipinski definition) is 1. The molecule has 0 atom stereocenters. The average molecular weight is 321 g/mol. The second-order valence-corrected chi connectivity index (χ2v) is 4.98. The van der Waals surface area contributed by atoms with Crippen LogP contribution < -0.4 is 15.4 Å². The molecule has 2 heterocycles. The van der Waals surface area contributed by atoms with Gasteiger partial charge in [0.25, 0.3) is 5.91 Å². The van der Waals surface area contributed by atoms with E-state index in [1.165, 1.54) is 4.90 Å². The number of ether oxygens (including phenoxy) is 1. The van der Waals surface area contributed by atoms with Crippen molar-refractivity contribution in [2.45, 2.75) is 31.8 Å². The molecule has 5 nitrogen and oxygen atoms in total. The highest BCUT2D eigenvalue weighted by Crippen LogP contribution is 2.31. The van der Waals surface area contributed by atoms with Gasteiger partial charge < -0.3 is 15.4 Å². The van der Waals surface area contributed by atoms with Crippen LogP contribution in [0.25, 0.3) is 0 Å². The van der Waals surface area contributed by atoms with E-state index in [-0.39, 0.29) is 49.5 Å². The van der Waals surface area contributed by atoms with Gasteiger partial charge in [0.15, 0.2) is 0 Å². The number of nitrogens with zero attached hydrogens (tertiary/aromatic N) is 2. The van der Waals surface area contributed by atoms with E-state index in [1.54, 1.807) is 0 Å². The molecule has 0 unspecified atom stereocenters. The predicted molar refractivity (Wildman–Crippen MR) is 70.4 cm³/mol. The average Bonchev–Trinajstić information content (AvgIpc) is 2.59. The summed E-state index contributed by atoms with van der Waals surface area (Å²) in [5, 5.41) is 0. The number of nitrogens with two attached hydrogens (primary N) is 1. The highest BCUT2D eigenvalue weighted by atomic mass is 19.3. The van der Waals surface area contributed by atoms with Crippen LogP contribution in [0.1, 0.15) is 29.6 Å². The van der Waals surface area contributed by atoms with Gasteiger partial charge in [-0.15, -0.1) is 0 Å². The zero-order valence-electron chi connectivity index (χ0n) is 11.6. The molecule has 2 rings (SSSR count). The number of halogens is 4. The molecule has 2 N–H and O–H groups in total. The Kier molecular flexibility index (Phi) is 4.72. The van der Waals surface area contributed by atoms with Crippen LogP contribution in [0, 0.1) is 0 Å². The third-order valence-corrected chi connectivity index (χ3v) is 3.35. The van der Waals surface area contributed by atoms with E-state index in [0.29, 0.717) is 0 Å². The van der Waals surface area contributed by atoms with Crippen LogP contribution in [-0.2, 0) is 0 Å². The van der Waals surface area contributed by atoms with Crippen molar-refractivity contribution in [2.24, 2.45) is 5.73 Å². The van der Waals surface area contributed by atoms with Gasteiger partial charge in [-0.05, 0) is 12.5 Å². The Balaban J connectivity index is 2.27. The first-order valence-corrected chi connectivity index (χ1v) is 6.66. The number of carbonyl (C=O) groups excluding carboxylic acids is 1. The van der Waals surface area contributed by atoms with Crippen molar-refractivity contribution in [2.75, 3.05) is 18.0 Å². The summed E-state index contributed by atoms with van der Waals surface area (Å²) in [4.78, 5) is 16.9. The van der Waals surface area contributed by atoms with Gasteiger partial charge in [-0.1, -0.05) is 0 Å². The standard InChI is InChI=1S/C13H15F4N3O2/c14-12(15)22-8-6-9(10(18)21)11(19-7-8)20-4-1-2-13(16,17)3-5-20/h6-7,12H,1-5H2,(H2,18,21). The summed E-state index contributed by atoms with van der Waals surface area (Å²) in [6, 6.07) is 1.04. The van der Waals surface area contributed by atoms with Gasteiger partial charge >= 0.3 is 6.61 Å². The maximum atomic E-state index is 13.4. The van der Waals surface area contributed by atoms with Crippen molar-refractivity contribution in [3.8, 4) is 5.75 Å². The molecule has 1 amide bonds. The number of rotatable bonds is 4. The number of anilines is 1. The molecule has 0 aliphatic carbocycles. The molecule has 0 radical (unpaired) electrons. The molecule has 0 bridgehead atoms. The maximum absolute atomic E-state index is 13.4. The lowest BCUT2D eigenvalue weighted by molar-refractivity contribution is -0.0501. The zero-order chi connectivity index (χ0) is 16.3. The number of alkyl halides is 4. The monoisotopic (exact) mass is 321 g/mol. The molecule has 1 aliphatic heterocycles. The highest BCUT2D eigenvalue weighted by molar-refractivity contribution is 5.98. The fourth-order valence-electron chi connectivity index (χ4n) is 2.31. The SMILES string of the molecule is NC(=O)c1cc(OC(F)F)cnc1N1CCCC(F)(F)CC1. The van der Waals surface area contributed by atoms with Crippen molar-refractivity contribution < 1.29 is 27.1 Å². The lowest BCUT2D eigenvalue weighted by Gasteiger charge is -2.23. The van der Waals surface area contributed by atoms with Gasteiger partial charge in [0.05, 0.1) is 11.8 Å². The normalized spacial score (nSPS) is 18.1. The topological polar surface area (TPSA) is 68.5 Å². The molecule has 1 saturated heterocycles. The first-order valence-electron chi connectivity index (χ1n) is 6.66. The molecule has 1 aliphatic rings. The van der Waals surface area contributed by atoms with Gasteiger partial charge in [-0.3, -0.25) is 4.79 Å². The fourth-order valence-corrected chi connectivity index (χ4v) is 2.31. The Labute approximate surface area is 124 Å². The first-order chi connectivity index (χ1) is 10.3. The van der Waals surface area contributed by atoms with Gasteiger partial charge in [0, 0.05) is 25.9 Å². The highest BCUT2D eigenvalue weighted by Gasteiger charge is 2.33. The predicted octanol–water partition coefficient (Wildman–Crippen LogP) is 2.41. The molecular weight excluding hydrogens is 306 g/mol. The number of aromatic nitrogens is 1. The molecule has 1 fully saturated rings. The quantitative estimate of drug-likeness (QED) is 0.865. The van der Waals surface area contributed by atoms with E-state index in [2.05, 4.69) is 9.72 Å². The number of carbonyl (C=O) groups is 1. The zero-order valence-corrected chi connectivity index (χ0v) is 11.6. The van der Waals surface area contributed by atoms with Crippen LogP contribution in [0.4, 0.5) is 23.4 Å². The summed E-state index contributed by atoms with van der Waals surface area (Å²) in [6.07, 6.45) is 0.614. The van der Waals surface area contributed by atoms with E-state index >= 15 is 0 Å². The van der Waals surface area contributed by atoms with Crippen molar-refractivity contribution >= 4 is 11.7 Å². The minimum atomic E-state index is -3.06. The van der Waals surface area contributed by atoms with E-state index in [1.807, 2.05) is 0 Å². The van der Waals surface area contributed by atoms with Crippen LogP contribution in [0.2, 0.25) is 0 Å². The van der Waals surface area contributed by atoms with Crippen LogP contribution in [0.5, 0.6) is 5.75 Å². The molecule has 1 aromatic heterocycles. The van der Waals surface area contributed by atoms with Crippen LogP contribution >= 0.6 is 0 Å². The Morgan fingerprint density at radius 3 is 2.73 bits per heavy atom. The second-order valence-electron chi connectivity index (χ2n) is 4.98. The van der Waals surface area contributed by atoms with E-state index < -0.39 is 18.4 Å². The van der Waals surface area contributed by atoms with E-state index in [0.717, 1.165) is 12.3 Å². The maximum Gasteiger partial charge on any atom is 0.387 e. The third kappa shape index (κ3) is 3.99. The summed E-state index contributed by atoms with van der Waals surface area (Å²) in [5.41, 5.74) is 5.08. The molecule has 9 heteroatoms. The minimum absolute atomic E-state index is 0.00463. The fraction of sp³-hybridized carbons (Fsp3) is 0.538. The van der Waals surface area contributed by atoms with Gasteiger partial charge in [-0.25, -0.2) is 13.8 Å². The molecular formula is C13H15F4N3O2. The van der Waals surface area contributed by atoms with Crippen LogP contribution in [0.3, 0.4) is 0 Å². The summed E-state index contributed by atoms with van der Waals surface area (Å²) < 4.78 is 55.3. The van der Waals surface area contributed by atoms with Crippen molar-refractivity contribution in [1.82, 2.24) is 4.98 Å². The number of amides is 1. The number of hydrogen-bond acceptors (Lipinski definition) is 4. The molecule has 0 saturated carbocycles. The van der Waals surface area contributed by atoms with Crippen molar-refractivity contribution in [1.29, 1.82) is 0 Å². The lowest BCUT2D eigenvalue weighted by atomic mass is 10.1. The van der Waals surface area contributed by atoms with Gasteiger partial charge in [-0.2, -0.15) is 8.78 Å². The van der Waals surface area contributed by atoms with Gasteiger partial charge in [0.2, 0.25) is 5.92 Å². The van der Waals surface area contributed by atoms with Crippen LogP contribution in [-0.4, -0.2) is 36.5 Å². The third-order valence-electron chi connectivity index (χ3n) is 3.35. The summed E-state index contributed by atoms with van der Waals surface area (Å²) in [5.74, 6) is -3.86. The summed E-state index contributed by atoms with van der Waals surface area (Å²) in [6.45, 7) is -2.79. The molecule has 0 aromatic carbocycles. The number of primary amides is 1. The summed E-state index contributed by atoms with van der Waals surface area (Å²) >= 11 is 0. The lowest BCUT2D eigenvalue weighted by Crippen LogP contribution is -2.29. The minimum Gasteiger partial charge on any atom is -0.433 e. The second kappa shape index (κ2) is 6.37. The van der Waals surface area contributed by atoms with E-state index in [9.17, 15) is 22.4 Å². The Bertz CT molecular complexity index is 554. The molecule has 0 spiro atoms. The van der Waals surface area contributed by atoms with Crippen molar-refractivity contribution in [3.63, 3.8) is 0 Å². The Morgan fingerprint density at radius 2 is 2.09 bits per heavy atom. The summed E-state index contributed by atoms with van der Waals surface area (Å²) in [7, 11) is 0. The number of pyridine rings is 1. The van der Waals surface area contributed by atoms with Gasteiger partial charge in [0.1, 0.15) is 11.6 Å². The Hall–Kier alpha value is -2.06. The molecule has 22 heavy (non-hydrogen) atoms. The molecule has 1 aromatic rings. The largest absolute Gasteiger partial charge is 0.433 e. The van der Waals surface area contributed by atoms with Crippen LogP contribution in [0.15, 0.2) is 12.3 Å². The van der Waals surface area contributed by atoms with Crippen molar-refractivity contribution in [3.05, 3.63) is 17.8 Å². The Morgan fingerprint density at radius 1 is 1.36 bits per heavy atom. The smallest absolute Gasteiger partial charge is 0.387 e. The van der Waals surface area contributed by atoms with E-state index in [4.69, 9.17) is 5.73 Å².